The molecule has 21 heavy (non-hydrogen) atoms. The molecule has 0 bridgehead atoms. The average Bonchev–Trinajstić information content (AvgIpc) is 2.97. The van der Waals surface area contributed by atoms with Gasteiger partial charge in [-0.05, 0) is 12.0 Å². The quantitative estimate of drug-likeness (QED) is 0.448. The van der Waals surface area contributed by atoms with Gasteiger partial charge in [0.2, 0.25) is 5.91 Å². The van der Waals surface area contributed by atoms with Gasteiger partial charge in [-0.1, -0.05) is 12.1 Å². The molecule has 110 valence electrons. The van der Waals surface area contributed by atoms with Crippen molar-refractivity contribution in [3.05, 3.63) is 52.1 Å². The number of aromatic nitrogens is 3. The molecule has 2 N–H and O–H groups in total. The molecule has 1 heterocycles. The Hall–Kier alpha value is -2.77. The summed E-state index contributed by atoms with van der Waals surface area (Å²) in [5.74, 6) is 0.682. The van der Waals surface area contributed by atoms with Crippen molar-refractivity contribution in [3.63, 3.8) is 0 Å². The lowest BCUT2D eigenvalue weighted by Gasteiger charge is -2.04. The standard InChI is InChI=1S/C13H15N5O3/c19-13(14-7-1-2-12-15-9-16-17-12)8-10-3-5-11(6-4-10)18(20)21/h3-6,9H,1-2,7-8H2,(H,14,19)(H,15,16,17). The third-order valence-corrected chi connectivity index (χ3v) is 2.89. The molecule has 0 aliphatic rings. The zero-order chi connectivity index (χ0) is 15.1. The Bertz CT molecular complexity index is 595. The van der Waals surface area contributed by atoms with Crippen LogP contribution in [0, 0.1) is 10.1 Å². The van der Waals surface area contributed by atoms with Gasteiger partial charge in [0, 0.05) is 25.1 Å². The lowest BCUT2D eigenvalue weighted by atomic mass is 10.1. The van der Waals surface area contributed by atoms with Crippen LogP contribution < -0.4 is 5.32 Å². The minimum atomic E-state index is -0.465. The van der Waals surface area contributed by atoms with Gasteiger partial charge in [0.25, 0.3) is 5.69 Å². The van der Waals surface area contributed by atoms with E-state index in [4.69, 9.17) is 0 Å². The molecule has 0 aliphatic heterocycles. The number of non-ortho nitro benzene ring substituents is 1. The Morgan fingerprint density at radius 3 is 2.71 bits per heavy atom. The molecule has 1 aromatic carbocycles. The van der Waals surface area contributed by atoms with Gasteiger partial charge in [0.1, 0.15) is 12.2 Å². The maximum absolute atomic E-state index is 11.7. The Morgan fingerprint density at radius 2 is 2.10 bits per heavy atom. The van der Waals surface area contributed by atoms with Crippen LogP contribution in [0.25, 0.3) is 0 Å². The second-order valence-electron chi connectivity index (χ2n) is 4.49. The number of aromatic amines is 1. The van der Waals surface area contributed by atoms with E-state index < -0.39 is 4.92 Å². The fraction of sp³-hybridized carbons (Fsp3) is 0.308. The van der Waals surface area contributed by atoms with Gasteiger partial charge >= 0.3 is 0 Å². The predicted molar refractivity (Wildman–Crippen MR) is 74.5 cm³/mol. The summed E-state index contributed by atoms with van der Waals surface area (Å²) in [6, 6.07) is 5.97. The minimum absolute atomic E-state index is 0.0196. The summed E-state index contributed by atoms with van der Waals surface area (Å²) in [7, 11) is 0. The predicted octanol–water partition coefficient (Wildman–Crippen LogP) is 1.00. The van der Waals surface area contributed by atoms with Crippen LogP contribution >= 0.6 is 0 Å². The van der Waals surface area contributed by atoms with E-state index in [0.717, 1.165) is 24.2 Å². The van der Waals surface area contributed by atoms with E-state index >= 15 is 0 Å². The fourth-order valence-electron chi connectivity index (χ4n) is 1.82. The average molecular weight is 289 g/mol. The van der Waals surface area contributed by atoms with E-state index in [2.05, 4.69) is 20.5 Å². The summed E-state index contributed by atoms with van der Waals surface area (Å²) in [5.41, 5.74) is 0.763. The van der Waals surface area contributed by atoms with Crippen molar-refractivity contribution < 1.29 is 9.72 Å². The zero-order valence-electron chi connectivity index (χ0n) is 11.3. The number of carbonyl (C=O) groups excluding carboxylic acids is 1. The molecule has 0 spiro atoms. The molecule has 8 heteroatoms. The Balaban J connectivity index is 1.70. The summed E-state index contributed by atoms with van der Waals surface area (Å²) in [6.45, 7) is 0.548. The highest BCUT2D eigenvalue weighted by molar-refractivity contribution is 5.78. The topological polar surface area (TPSA) is 114 Å². The smallest absolute Gasteiger partial charge is 0.269 e. The Morgan fingerprint density at radius 1 is 1.33 bits per heavy atom. The van der Waals surface area contributed by atoms with E-state index in [1.165, 1.54) is 18.5 Å². The Labute approximate surface area is 120 Å². The third kappa shape index (κ3) is 4.68. The van der Waals surface area contributed by atoms with Crippen LogP contribution in [-0.2, 0) is 17.6 Å². The van der Waals surface area contributed by atoms with Crippen molar-refractivity contribution in [2.45, 2.75) is 19.3 Å². The molecule has 0 saturated heterocycles. The van der Waals surface area contributed by atoms with Crippen molar-refractivity contribution in [1.82, 2.24) is 20.5 Å². The summed E-state index contributed by atoms with van der Waals surface area (Å²) in [6.07, 6.45) is 3.14. The number of H-pyrrole nitrogens is 1. The van der Waals surface area contributed by atoms with Crippen LogP contribution in [0.5, 0.6) is 0 Å². The van der Waals surface area contributed by atoms with Gasteiger partial charge in [0.15, 0.2) is 0 Å². The normalized spacial score (nSPS) is 10.3. The molecule has 0 atom stereocenters. The lowest BCUT2D eigenvalue weighted by Crippen LogP contribution is -2.26. The first kappa shape index (κ1) is 14.6. The molecule has 0 fully saturated rings. The second kappa shape index (κ2) is 7.13. The molecule has 1 aromatic heterocycles. The van der Waals surface area contributed by atoms with Gasteiger partial charge < -0.3 is 5.32 Å². The number of hydrogen-bond donors (Lipinski definition) is 2. The van der Waals surface area contributed by atoms with Gasteiger partial charge in [-0.3, -0.25) is 20.0 Å². The van der Waals surface area contributed by atoms with Crippen LogP contribution in [0.4, 0.5) is 5.69 Å². The van der Waals surface area contributed by atoms with Crippen LogP contribution in [0.3, 0.4) is 0 Å². The summed E-state index contributed by atoms with van der Waals surface area (Å²) < 4.78 is 0. The highest BCUT2D eigenvalue weighted by Crippen LogP contribution is 2.12. The number of amides is 1. The molecule has 8 nitrogen and oxygen atoms in total. The third-order valence-electron chi connectivity index (χ3n) is 2.89. The van der Waals surface area contributed by atoms with Gasteiger partial charge in [-0.2, -0.15) is 5.10 Å². The fourth-order valence-corrected chi connectivity index (χ4v) is 1.82. The van der Waals surface area contributed by atoms with Gasteiger partial charge in [-0.15, -0.1) is 0 Å². The molecule has 1 amide bonds. The molecule has 2 aromatic rings. The van der Waals surface area contributed by atoms with Gasteiger partial charge in [0.05, 0.1) is 11.3 Å². The van der Waals surface area contributed by atoms with Crippen molar-refractivity contribution in [1.29, 1.82) is 0 Å². The van der Waals surface area contributed by atoms with Crippen molar-refractivity contribution in [3.8, 4) is 0 Å². The molecule has 2 rings (SSSR count). The number of nitrogens with zero attached hydrogens (tertiary/aromatic N) is 3. The van der Waals surface area contributed by atoms with E-state index in [-0.39, 0.29) is 18.0 Å². The van der Waals surface area contributed by atoms with Gasteiger partial charge in [-0.25, -0.2) is 4.98 Å². The molecule has 0 saturated carbocycles. The van der Waals surface area contributed by atoms with Crippen LogP contribution in [-0.4, -0.2) is 32.6 Å². The molecule has 0 radical (unpaired) electrons. The highest BCUT2D eigenvalue weighted by atomic mass is 16.6. The number of carbonyl (C=O) groups is 1. The van der Waals surface area contributed by atoms with E-state index in [9.17, 15) is 14.9 Å². The number of hydrogen-bond acceptors (Lipinski definition) is 5. The largest absolute Gasteiger partial charge is 0.356 e. The SMILES string of the molecule is O=C(Cc1ccc([N+](=O)[O-])cc1)NCCCc1ncn[nH]1. The zero-order valence-corrected chi connectivity index (χ0v) is 11.3. The van der Waals surface area contributed by atoms with Crippen molar-refractivity contribution >= 4 is 11.6 Å². The maximum Gasteiger partial charge on any atom is 0.269 e. The summed E-state index contributed by atoms with van der Waals surface area (Å²) >= 11 is 0. The Kier molecular flexibility index (Phi) is 4.97. The number of nitro groups is 1. The number of benzene rings is 1. The van der Waals surface area contributed by atoms with Crippen LogP contribution in [0.15, 0.2) is 30.6 Å². The highest BCUT2D eigenvalue weighted by Gasteiger charge is 2.07. The lowest BCUT2D eigenvalue weighted by molar-refractivity contribution is -0.384. The number of aryl methyl sites for hydroxylation is 1. The molecular formula is C13H15N5O3. The summed E-state index contributed by atoms with van der Waals surface area (Å²) in [4.78, 5) is 25.8. The number of nitrogens with one attached hydrogen (secondary N) is 2. The number of nitro benzene ring substituents is 1. The van der Waals surface area contributed by atoms with E-state index in [0.29, 0.717) is 6.54 Å². The van der Waals surface area contributed by atoms with Crippen molar-refractivity contribution in [2.24, 2.45) is 0 Å². The van der Waals surface area contributed by atoms with E-state index in [1.54, 1.807) is 12.1 Å². The molecule has 0 aliphatic carbocycles. The van der Waals surface area contributed by atoms with E-state index in [1.807, 2.05) is 0 Å². The first-order valence-corrected chi connectivity index (χ1v) is 6.49. The van der Waals surface area contributed by atoms with Crippen LogP contribution in [0.1, 0.15) is 17.8 Å². The first-order valence-electron chi connectivity index (χ1n) is 6.49. The molecule has 0 unspecified atom stereocenters. The first-order chi connectivity index (χ1) is 10.1. The van der Waals surface area contributed by atoms with Crippen molar-refractivity contribution in [2.75, 3.05) is 6.54 Å². The minimum Gasteiger partial charge on any atom is -0.356 e. The maximum atomic E-state index is 11.7. The molecular weight excluding hydrogens is 274 g/mol. The van der Waals surface area contributed by atoms with Crippen LogP contribution in [0.2, 0.25) is 0 Å². The summed E-state index contributed by atoms with van der Waals surface area (Å²) in [5, 5.41) is 19.8. The monoisotopic (exact) mass is 289 g/mol. The second-order valence-corrected chi connectivity index (χ2v) is 4.49. The number of rotatable bonds is 7.